The quantitative estimate of drug-likeness (QED) is 0.905. The highest BCUT2D eigenvalue weighted by molar-refractivity contribution is 5.93. The number of piperazine rings is 1. The Hall–Kier alpha value is -2.18. The first-order chi connectivity index (χ1) is 11.6. The monoisotopic (exact) mass is 328 g/mol. The molecule has 1 N–H and O–H groups in total. The Morgan fingerprint density at radius 1 is 1.25 bits per heavy atom. The third-order valence-corrected chi connectivity index (χ3v) is 4.52. The third-order valence-electron chi connectivity index (χ3n) is 4.52. The molecule has 1 saturated heterocycles. The van der Waals surface area contributed by atoms with Crippen LogP contribution in [0.3, 0.4) is 0 Å². The van der Waals surface area contributed by atoms with Crippen LogP contribution in [0.5, 0.6) is 0 Å². The standard InChI is InChI=1S/C18H24N4O2/c1-14(22-10-8-21(2)9-11-22)13-19-18(23)16-12-17(24-20-16)15-6-4-3-5-7-15/h3-7,12,14H,8-11,13H2,1-2H3,(H,19,23). The largest absolute Gasteiger partial charge is 0.355 e. The van der Waals surface area contributed by atoms with E-state index in [0.29, 0.717) is 24.0 Å². The lowest BCUT2D eigenvalue weighted by molar-refractivity contribution is 0.0895. The molecule has 1 aromatic heterocycles. The van der Waals surface area contributed by atoms with Crippen LogP contribution in [0.4, 0.5) is 0 Å². The molecule has 2 aromatic rings. The summed E-state index contributed by atoms with van der Waals surface area (Å²) >= 11 is 0. The maximum atomic E-state index is 12.3. The summed E-state index contributed by atoms with van der Waals surface area (Å²) in [7, 11) is 2.14. The van der Waals surface area contributed by atoms with E-state index in [1.54, 1.807) is 6.07 Å². The van der Waals surface area contributed by atoms with Gasteiger partial charge in [0, 0.05) is 50.4 Å². The highest BCUT2D eigenvalue weighted by Crippen LogP contribution is 2.19. The first-order valence-corrected chi connectivity index (χ1v) is 8.36. The normalized spacial score (nSPS) is 17.6. The molecule has 0 radical (unpaired) electrons. The van der Waals surface area contributed by atoms with Crippen molar-refractivity contribution < 1.29 is 9.32 Å². The molecule has 2 heterocycles. The lowest BCUT2D eigenvalue weighted by Crippen LogP contribution is -2.51. The van der Waals surface area contributed by atoms with Gasteiger partial charge in [-0.05, 0) is 14.0 Å². The predicted octanol–water partition coefficient (Wildman–Crippen LogP) is 1.71. The van der Waals surface area contributed by atoms with Gasteiger partial charge in [0.1, 0.15) is 0 Å². The number of amides is 1. The number of likely N-dealkylation sites (N-methyl/N-ethyl adjacent to an activating group) is 1. The van der Waals surface area contributed by atoms with Crippen molar-refractivity contribution in [1.29, 1.82) is 0 Å². The number of rotatable bonds is 5. The van der Waals surface area contributed by atoms with Gasteiger partial charge < -0.3 is 14.7 Å². The fourth-order valence-corrected chi connectivity index (χ4v) is 2.84. The maximum Gasteiger partial charge on any atom is 0.273 e. The van der Waals surface area contributed by atoms with Crippen molar-refractivity contribution in [3.8, 4) is 11.3 Å². The second-order valence-electron chi connectivity index (χ2n) is 6.34. The van der Waals surface area contributed by atoms with Gasteiger partial charge in [-0.3, -0.25) is 9.69 Å². The summed E-state index contributed by atoms with van der Waals surface area (Å²) < 4.78 is 5.28. The van der Waals surface area contributed by atoms with E-state index in [4.69, 9.17) is 4.52 Å². The molecule has 1 unspecified atom stereocenters. The van der Waals surface area contributed by atoms with Crippen molar-refractivity contribution in [2.24, 2.45) is 0 Å². The number of nitrogens with zero attached hydrogens (tertiary/aromatic N) is 3. The molecule has 128 valence electrons. The Bertz CT molecular complexity index is 663. The summed E-state index contributed by atoms with van der Waals surface area (Å²) in [6.07, 6.45) is 0. The summed E-state index contributed by atoms with van der Waals surface area (Å²) in [4.78, 5) is 17.0. The molecule has 0 spiro atoms. The minimum atomic E-state index is -0.193. The number of carbonyl (C=O) groups is 1. The van der Waals surface area contributed by atoms with Crippen LogP contribution < -0.4 is 5.32 Å². The molecule has 1 aliphatic heterocycles. The van der Waals surface area contributed by atoms with Crippen molar-refractivity contribution in [2.75, 3.05) is 39.8 Å². The Kier molecular flexibility index (Phi) is 5.27. The van der Waals surface area contributed by atoms with E-state index in [9.17, 15) is 4.79 Å². The van der Waals surface area contributed by atoms with E-state index < -0.39 is 0 Å². The van der Waals surface area contributed by atoms with Crippen LogP contribution in [0.15, 0.2) is 40.9 Å². The van der Waals surface area contributed by atoms with E-state index in [2.05, 4.69) is 34.2 Å². The summed E-state index contributed by atoms with van der Waals surface area (Å²) in [6, 6.07) is 11.6. The summed E-state index contributed by atoms with van der Waals surface area (Å²) in [5, 5.41) is 6.84. The summed E-state index contributed by atoms with van der Waals surface area (Å²) in [5.41, 5.74) is 1.23. The van der Waals surface area contributed by atoms with Crippen LogP contribution >= 0.6 is 0 Å². The van der Waals surface area contributed by atoms with Crippen LogP contribution in [-0.4, -0.2) is 66.7 Å². The number of hydrogen-bond acceptors (Lipinski definition) is 5. The Morgan fingerprint density at radius 3 is 2.67 bits per heavy atom. The third kappa shape index (κ3) is 4.01. The van der Waals surface area contributed by atoms with Crippen LogP contribution in [0.2, 0.25) is 0 Å². The zero-order chi connectivity index (χ0) is 16.9. The molecule has 1 atom stereocenters. The lowest BCUT2D eigenvalue weighted by atomic mass is 10.1. The summed E-state index contributed by atoms with van der Waals surface area (Å²) in [5.74, 6) is 0.412. The van der Waals surface area contributed by atoms with E-state index in [0.717, 1.165) is 31.7 Å². The zero-order valence-corrected chi connectivity index (χ0v) is 14.2. The van der Waals surface area contributed by atoms with E-state index in [-0.39, 0.29) is 5.91 Å². The van der Waals surface area contributed by atoms with Gasteiger partial charge in [-0.15, -0.1) is 0 Å². The predicted molar refractivity (Wildman–Crippen MR) is 92.8 cm³/mol. The molecule has 0 bridgehead atoms. The number of benzene rings is 1. The molecule has 6 nitrogen and oxygen atoms in total. The van der Waals surface area contributed by atoms with Crippen LogP contribution in [-0.2, 0) is 0 Å². The van der Waals surface area contributed by atoms with Crippen molar-refractivity contribution in [3.63, 3.8) is 0 Å². The maximum absolute atomic E-state index is 12.3. The van der Waals surface area contributed by atoms with Gasteiger partial charge in [0.15, 0.2) is 11.5 Å². The van der Waals surface area contributed by atoms with Gasteiger partial charge in [-0.2, -0.15) is 0 Å². The topological polar surface area (TPSA) is 61.6 Å². The molecular weight excluding hydrogens is 304 g/mol. The lowest BCUT2D eigenvalue weighted by Gasteiger charge is -2.36. The molecule has 1 amide bonds. The molecule has 6 heteroatoms. The Labute approximate surface area is 142 Å². The van der Waals surface area contributed by atoms with Crippen molar-refractivity contribution in [1.82, 2.24) is 20.3 Å². The van der Waals surface area contributed by atoms with Gasteiger partial charge in [0.05, 0.1) is 0 Å². The first kappa shape index (κ1) is 16.7. The summed E-state index contributed by atoms with van der Waals surface area (Å²) in [6.45, 7) is 6.97. The van der Waals surface area contributed by atoms with Gasteiger partial charge in [-0.25, -0.2) is 0 Å². The van der Waals surface area contributed by atoms with Crippen LogP contribution in [0.1, 0.15) is 17.4 Å². The van der Waals surface area contributed by atoms with Gasteiger partial charge in [0.2, 0.25) is 0 Å². The smallest absolute Gasteiger partial charge is 0.273 e. The fourth-order valence-electron chi connectivity index (χ4n) is 2.84. The molecule has 1 aliphatic rings. The number of nitrogens with one attached hydrogen (secondary N) is 1. The molecule has 3 rings (SSSR count). The molecule has 1 fully saturated rings. The highest BCUT2D eigenvalue weighted by Gasteiger charge is 2.20. The average molecular weight is 328 g/mol. The second-order valence-corrected chi connectivity index (χ2v) is 6.34. The van der Waals surface area contributed by atoms with Crippen molar-refractivity contribution in [3.05, 3.63) is 42.1 Å². The van der Waals surface area contributed by atoms with Crippen LogP contribution in [0.25, 0.3) is 11.3 Å². The molecule has 24 heavy (non-hydrogen) atoms. The van der Waals surface area contributed by atoms with E-state index in [1.165, 1.54) is 0 Å². The SMILES string of the molecule is CC(CNC(=O)c1cc(-c2ccccc2)on1)N1CCN(C)CC1. The van der Waals surface area contributed by atoms with Crippen molar-refractivity contribution >= 4 is 5.91 Å². The zero-order valence-electron chi connectivity index (χ0n) is 14.2. The van der Waals surface area contributed by atoms with Crippen LogP contribution in [0, 0.1) is 0 Å². The number of carbonyl (C=O) groups excluding carboxylic acids is 1. The van der Waals surface area contributed by atoms with E-state index in [1.807, 2.05) is 30.3 Å². The van der Waals surface area contributed by atoms with Gasteiger partial charge >= 0.3 is 0 Å². The Balaban J connectivity index is 1.53. The number of hydrogen-bond donors (Lipinski definition) is 1. The number of aromatic nitrogens is 1. The van der Waals surface area contributed by atoms with Gasteiger partial charge in [-0.1, -0.05) is 35.5 Å². The average Bonchev–Trinajstić information content (AvgIpc) is 3.11. The van der Waals surface area contributed by atoms with E-state index >= 15 is 0 Å². The minimum Gasteiger partial charge on any atom is -0.355 e. The highest BCUT2D eigenvalue weighted by atomic mass is 16.5. The Morgan fingerprint density at radius 2 is 1.96 bits per heavy atom. The molecular formula is C18H24N4O2. The molecule has 1 aromatic carbocycles. The second kappa shape index (κ2) is 7.59. The minimum absolute atomic E-state index is 0.193. The molecule has 0 aliphatic carbocycles. The first-order valence-electron chi connectivity index (χ1n) is 8.36. The molecule has 0 saturated carbocycles. The van der Waals surface area contributed by atoms with Crippen molar-refractivity contribution in [2.45, 2.75) is 13.0 Å². The van der Waals surface area contributed by atoms with Gasteiger partial charge in [0.25, 0.3) is 5.91 Å². The fraction of sp³-hybridized carbons (Fsp3) is 0.444.